The molecule has 0 spiro atoms. The third-order valence-electron chi connectivity index (χ3n) is 4.35. The zero-order valence-corrected chi connectivity index (χ0v) is 15.8. The van der Waals surface area contributed by atoms with Crippen molar-refractivity contribution in [2.75, 3.05) is 6.54 Å². The van der Waals surface area contributed by atoms with Crippen LogP contribution >= 0.6 is 0 Å². The number of oxazole rings is 1. The van der Waals surface area contributed by atoms with Crippen molar-refractivity contribution >= 4 is 29.2 Å². The van der Waals surface area contributed by atoms with Crippen LogP contribution in [-0.2, 0) is 9.59 Å². The molecule has 8 nitrogen and oxygen atoms in total. The molecule has 0 aliphatic carbocycles. The summed E-state index contributed by atoms with van der Waals surface area (Å²) in [7, 11) is 0. The lowest BCUT2D eigenvalue weighted by atomic mass is 10.0. The third kappa shape index (κ3) is 5.37. The van der Waals surface area contributed by atoms with Crippen molar-refractivity contribution in [1.29, 1.82) is 0 Å². The van der Waals surface area contributed by atoms with Crippen molar-refractivity contribution in [1.82, 2.24) is 15.4 Å². The number of hydrogen-bond donors (Lipinski definition) is 2. The van der Waals surface area contributed by atoms with Crippen molar-refractivity contribution in [3.63, 3.8) is 0 Å². The van der Waals surface area contributed by atoms with Crippen molar-refractivity contribution in [3.05, 3.63) is 29.7 Å². The maximum absolute atomic E-state index is 12.6. The van der Waals surface area contributed by atoms with E-state index in [9.17, 15) is 19.6 Å². The van der Waals surface area contributed by atoms with Crippen LogP contribution in [0.3, 0.4) is 0 Å². The lowest BCUT2D eigenvalue weighted by Crippen LogP contribution is -2.38. The normalized spacial score (nSPS) is 13.2. The Balaban J connectivity index is 2.12. The molecule has 2 aromatic rings. The second-order valence-corrected chi connectivity index (χ2v) is 6.59. The number of aromatic nitrogens is 1. The van der Waals surface area contributed by atoms with Gasteiger partial charge in [0.15, 0.2) is 11.4 Å². The largest absolute Gasteiger partial charge is 0.438 e. The Morgan fingerprint density at radius 2 is 2.15 bits per heavy atom. The molecular formula is C19H25N3O5. The Kier molecular flexibility index (Phi) is 7.06. The molecule has 2 amide bonds. The van der Waals surface area contributed by atoms with Crippen molar-refractivity contribution in [3.8, 4) is 0 Å². The SMILES string of the molecule is CCCCC(CN(O)C=O)C(=O)N[C@@H](C)c1nc2cc(C(C)=O)ccc2o1. The summed E-state index contributed by atoms with van der Waals surface area (Å²) in [6, 6.07) is 4.49. The molecule has 2 N–H and O–H groups in total. The molecule has 0 bridgehead atoms. The fourth-order valence-corrected chi connectivity index (χ4v) is 2.77. The Bertz CT molecular complexity index is 817. The molecule has 1 unspecified atom stereocenters. The summed E-state index contributed by atoms with van der Waals surface area (Å²) >= 11 is 0. The molecule has 1 aromatic heterocycles. The van der Waals surface area contributed by atoms with Gasteiger partial charge in [-0.2, -0.15) is 0 Å². The number of fused-ring (bicyclic) bond motifs is 1. The quantitative estimate of drug-likeness (QED) is 0.286. The average molecular weight is 375 g/mol. The number of carbonyl (C=O) groups is 3. The van der Waals surface area contributed by atoms with E-state index in [0.717, 1.165) is 12.8 Å². The highest BCUT2D eigenvalue weighted by molar-refractivity contribution is 5.96. The Labute approximate surface area is 157 Å². The van der Waals surface area contributed by atoms with Crippen LogP contribution in [0.25, 0.3) is 11.1 Å². The van der Waals surface area contributed by atoms with E-state index in [0.29, 0.717) is 34.0 Å². The molecule has 0 saturated heterocycles. The third-order valence-corrected chi connectivity index (χ3v) is 4.35. The van der Waals surface area contributed by atoms with Gasteiger partial charge in [-0.05, 0) is 38.5 Å². The summed E-state index contributed by atoms with van der Waals surface area (Å²) in [5, 5.41) is 12.7. The van der Waals surface area contributed by atoms with Gasteiger partial charge < -0.3 is 9.73 Å². The Morgan fingerprint density at radius 3 is 2.78 bits per heavy atom. The molecule has 1 aromatic carbocycles. The van der Waals surface area contributed by atoms with Crippen LogP contribution in [0.1, 0.15) is 62.3 Å². The second-order valence-electron chi connectivity index (χ2n) is 6.59. The maximum Gasteiger partial charge on any atom is 0.233 e. The number of hydroxylamine groups is 2. The lowest BCUT2D eigenvalue weighted by Gasteiger charge is -2.21. The van der Waals surface area contributed by atoms with E-state index in [1.165, 1.54) is 6.92 Å². The Hall–Kier alpha value is -2.74. The molecule has 2 rings (SSSR count). The van der Waals surface area contributed by atoms with Crippen LogP contribution in [0.4, 0.5) is 0 Å². The molecule has 1 heterocycles. The van der Waals surface area contributed by atoms with Gasteiger partial charge in [-0.3, -0.25) is 19.6 Å². The number of nitrogens with zero attached hydrogens (tertiary/aromatic N) is 2. The van der Waals surface area contributed by atoms with Crippen LogP contribution in [0.2, 0.25) is 0 Å². The predicted octanol–water partition coefficient (Wildman–Crippen LogP) is 2.86. The highest BCUT2D eigenvalue weighted by Gasteiger charge is 2.24. The average Bonchev–Trinajstić information content (AvgIpc) is 3.08. The maximum atomic E-state index is 12.6. The lowest BCUT2D eigenvalue weighted by molar-refractivity contribution is -0.154. The molecule has 8 heteroatoms. The van der Waals surface area contributed by atoms with Gasteiger partial charge >= 0.3 is 0 Å². The molecular weight excluding hydrogens is 350 g/mol. The van der Waals surface area contributed by atoms with Gasteiger partial charge in [0, 0.05) is 5.56 Å². The smallest absolute Gasteiger partial charge is 0.233 e. The van der Waals surface area contributed by atoms with Crippen LogP contribution in [0.15, 0.2) is 22.6 Å². The van der Waals surface area contributed by atoms with E-state index < -0.39 is 12.0 Å². The van der Waals surface area contributed by atoms with Gasteiger partial charge in [-0.25, -0.2) is 10.0 Å². The first-order valence-corrected chi connectivity index (χ1v) is 8.98. The number of nitrogens with one attached hydrogen (secondary N) is 1. The molecule has 0 saturated carbocycles. The van der Waals surface area contributed by atoms with Gasteiger partial charge in [0.25, 0.3) is 0 Å². The van der Waals surface area contributed by atoms with Crippen LogP contribution < -0.4 is 5.32 Å². The minimum atomic E-state index is -0.531. The predicted molar refractivity (Wildman–Crippen MR) is 98.1 cm³/mol. The molecule has 0 aliphatic heterocycles. The monoisotopic (exact) mass is 375 g/mol. The number of benzene rings is 1. The van der Waals surface area contributed by atoms with E-state index in [1.54, 1.807) is 25.1 Å². The van der Waals surface area contributed by atoms with Gasteiger partial charge in [-0.15, -0.1) is 0 Å². The van der Waals surface area contributed by atoms with E-state index in [4.69, 9.17) is 4.42 Å². The second kappa shape index (κ2) is 9.27. The molecule has 0 fully saturated rings. The summed E-state index contributed by atoms with van der Waals surface area (Å²) < 4.78 is 5.68. The number of unbranched alkanes of at least 4 members (excludes halogenated alkanes) is 1. The zero-order valence-electron chi connectivity index (χ0n) is 15.8. The fraction of sp³-hybridized carbons (Fsp3) is 0.474. The molecule has 0 aliphatic rings. The number of ketones is 1. The van der Waals surface area contributed by atoms with Crippen molar-refractivity contribution < 1.29 is 24.0 Å². The highest BCUT2D eigenvalue weighted by atomic mass is 16.5. The summed E-state index contributed by atoms with van der Waals surface area (Å²) in [4.78, 5) is 39.1. The summed E-state index contributed by atoms with van der Waals surface area (Å²) in [6.45, 7) is 5.15. The van der Waals surface area contributed by atoms with Gasteiger partial charge in [-0.1, -0.05) is 19.8 Å². The van der Waals surface area contributed by atoms with Crippen LogP contribution in [0, 0.1) is 5.92 Å². The zero-order chi connectivity index (χ0) is 20.0. The number of rotatable bonds is 10. The van der Waals surface area contributed by atoms with Crippen LogP contribution in [-0.4, -0.2) is 39.9 Å². The minimum absolute atomic E-state index is 0.0645. The molecule has 27 heavy (non-hydrogen) atoms. The topological polar surface area (TPSA) is 113 Å². The van der Waals surface area contributed by atoms with E-state index in [2.05, 4.69) is 10.3 Å². The number of carbonyl (C=O) groups excluding carboxylic acids is 3. The van der Waals surface area contributed by atoms with Crippen molar-refractivity contribution in [2.24, 2.45) is 5.92 Å². The summed E-state index contributed by atoms with van der Waals surface area (Å²) in [5.41, 5.74) is 1.61. The minimum Gasteiger partial charge on any atom is -0.438 e. The molecule has 2 atom stereocenters. The van der Waals surface area contributed by atoms with Crippen LogP contribution in [0.5, 0.6) is 0 Å². The first-order valence-electron chi connectivity index (χ1n) is 8.98. The standard InChI is InChI=1S/C19H25N3O5/c1-4-5-6-15(10-22(26)11-23)18(25)20-12(2)19-21-16-9-14(13(3)24)7-8-17(16)27-19/h7-9,11-12,15,26H,4-6,10H2,1-3H3,(H,20,25)/t12-,15?/m0/s1. The number of Topliss-reactive ketones (excluding diaryl/α,β-unsaturated/α-hetero) is 1. The molecule has 0 radical (unpaired) electrons. The van der Waals surface area contributed by atoms with E-state index in [1.807, 2.05) is 6.92 Å². The van der Waals surface area contributed by atoms with Gasteiger partial charge in [0.1, 0.15) is 11.6 Å². The highest BCUT2D eigenvalue weighted by Crippen LogP contribution is 2.22. The first-order chi connectivity index (χ1) is 12.8. The van der Waals surface area contributed by atoms with Gasteiger partial charge in [0.2, 0.25) is 18.2 Å². The number of hydrogen-bond acceptors (Lipinski definition) is 6. The first kappa shape index (κ1) is 20.6. The van der Waals surface area contributed by atoms with Gasteiger partial charge in [0.05, 0.1) is 12.5 Å². The number of amides is 2. The van der Waals surface area contributed by atoms with E-state index >= 15 is 0 Å². The fourth-order valence-electron chi connectivity index (χ4n) is 2.77. The summed E-state index contributed by atoms with van der Waals surface area (Å²) in [5.74, 6) is -0.560. The molecule has 146 valence electrons. The Morgan fingerprint density at radius 1 is 1.41 bits per heavy atom. The summed E-state index contributed by atoms with van der Waals surface area (Å²) in [6.07, 6.45) is 2.53. The van der Waals surface area contributed by atoms with E-state index in [-0.39, 0.29) is 24.6 Å². The van der Waals surface area contributed by atoms with Crippen molar-refractivity contribution in [2.45, 2.75) is 46.1 Å².